The Hall–Kier alpha value is -2.77. The molecule has 0 radical (unpaired) electrons. The second kappa shape index (κ2) is 7.85. The molecule has 8 heteroatoms. The van der Waals surface area contributed by atoms with Crippen molar-refractivity contribution in [1.29, 1.82) is 0 Å². The molecule has 0 atom stereocenters. The van der Waals surface area contributed by atoms with Crippen LogP contribution in [0.3, 0.4) is 0 Å². The van der Waals surface area contributed by atoms with Gasteiger partial charge in [0.25, 0.3) is 11.5 Å². The molecule has 0 saturated carbocycles. The predicted octanol–water partition coefficient (Wildman–Crippen LogP) is 1.27. The topological polar surface area (TPSA) is 84.2 Å². The lowest BCUT2D eigenvalue weighted by Crippen LogP contribution is -2.40. The van der Waals surface area contributed by atoms with Gasteiger partial charge in [-0.3, -0.25) is 14.2 Å². The summed E-state index contributed by atoms with van der Waals surface area (Å²) in [6.07, 6.45) is 3.34. The third kappa shape index (κ3) is 4.15. The molecule has 1 aliphatic heterocycles. The van der Waals surface area contributed by atoms with E-state index in [1.54, 1.807) is 23.0 Å². The molecule has 0 aliphatic carbocycles. The first-order valence-corrected chi connectivity index (χ1v) is 9.19. The molecule has 0 aromatic carbocycles. The van der Waals surface area contributed by atoms with Crippen molar-refractivity contribution >= 4 is 11.7 Å². The molecule has 1 saturated heterocycles. The molecule has 3 rings (SSSR count). The lowest BCUT2D eigenvalue weighted by molar-refractivity contribution is 0.0675. The van der Waals surface area contributed by atoms with Crippen molar-refractivity contribution in [3.05, 3.63) is 45.8 Å². The highest BCUT2D eigenvalue weighted by Crippen LogP contribution is 2.20. The summed E-state index contributed by atoms with van der Waals surface area (Å²) in [5.41, 5.74) is 1.87. The molecule has 2 aromatic rings. The number of carbonyl (C=O) groups is 1. The minimum absolute atomic E-state index is 0.0252. The van der Waals surface area contributed by atoms with E-state index in [-0.39, 0.29) is 11.5 Å². The van der Waals surface area contributed by atoms with E-state index in [0.29, 0.717) is 36.8 Å². The lowest BCUT2D eigenvalue weighted by atomic mass is 9.96. The van der Waals surface area contributed by atoms with Gasteiger partial charge in [0.1, 0.15) is 0 Å². The molecule has 144 valence electrons. The molecule has 2 aromatic heterocycles. The first-order chi connectivity index (χ1) is 12.9. The number of carbonyl (C=O) groups excluding carboxylic acids is 1. The van der Waals surface area contributed by atoms with Crippen molar-refractivity contribution in [2.45, 2.75) is 33.2 Å². The van der Waals surface area contributed by atoms with Crippen LogP contribution in [-0.2, 0) is 6.54 Å². The van der Waals surface area contributed by atoms with Gasteiger partial charge in [-0.1, -0.05) is 0 Å². The lowest BCUT2D eigenvalue weighted by Gasteiger charge is -2.32. The monoisotopic (exact) mass is 370 g/mol. The Morgan fingerprint density at radius 1 is 1.19 bits per heavy atom. The van der Waals surface area contributed by atoms with Crippen LogP contribution in [0.2, 0.25) is 0 Å². The fourth-order valence-corrected chi connectivity index (χ4v) is 3.24. The highest BCUT2D eigenvalue weighted by molar-refractivity contribution is 5.92. The molecule has 0 unspecified atom stereocenters. The average molecular weight is 370 g/mol. The van der Waals surface area contributed by atoms with Crippen LogP contribution in [0, 0.1) is 19.8 Å². The molecule has 1 aliphatic rings. The van der Waals surface area contributed by atoms with E-state index in [4.69, 9.17) is 0 Å². The number of amides is 1. The van der Waals surface area contributed by atoms with Gasteiger partial charge in [0.2, 0.25) is 0 Å². The summed E-state index contributed by atoms with van der Waals surface area (Å²) in [5, 5.41) is 8.13. The van der Waals surface area contributed by atoms with Crippen molar-refractivity contribution in [3.63, 3.8) is 0 Å². The number of anilines is 1. The Morgan fingerprint density at radius 2 is 1.89 bits per heavy atom. The van der Waals surface area contributed by atoms with E-state index in [0.717, 1.165) is 24.4 Å². The second-order valence-corrected chi connectivity index (χ2v) is 7.32. The third-order valence-electron chi connectivity index (χ3n) is 5.20. The zero-order valence-electron chi connectivity index (χ0n) is 16.3. The Labute approximate surface area is 158 Å². The smallest absolute Gasteiger partial charge is 0.274 e. The van der Waals surface area contributed by atoms with Gasteiger partial charge in [-0.25, -0.2) is 4.98 Å². The number of aromatic nitrogens is 4. The van der Waals surface area contributed by atoms with E-state index >= 15 is 0 Å². The van der Waals surface area contributed by atoms with Crippen LogP contribution in [0.5, 0.6) is 0 Å². The zero-order chi connectivity index (χ0) is 19.6. The second-order valence-electron chi connectivity index (χ2n) is 7.32. The summed E-state index contributed by atoms with van der Waals surface area (Å²) in [6.45, 7) is 5.62. The standard InChI is InChI=1S/C19H26N6O2/c1-13-14(2)20-12-25(18(13)26)11-15-7-9-24(10-8-15)19(27)16-5-6-17(22-21-16)23(3)4/h5-6,12,15H,7-11H2,1-4H3. The minimum Gasteiger partial charge on any atom is -0.361 e. The van der Waals surface area contributed by atoms with Crippen LogP contribution in [0.15, 0.2) is 23.3 Å². The van der Waals surface area contributed by atoms with Crippen LogP contribution < -0.4 is 10.5 Å². The van der Waals surface area contributed by atoms with Crippen LogP contribution in [0.1, 0.15) is 34.6 Å². The van der Waals surface area contributed by atoms with Crippen molar-refractivity contribution in [1.82, 2.24) is 24.6 Å². The number of aryl methyl sites for hydroxylation is 1. The number of piperidine rings is 1. The molecule has 0 spiro atoms. The fourth-order valence-electron chi connectivity index (χ4n) is 3.24. The fraction of sp³-hybridized carbons (Fsp3) is 0.526. The molecule has 27 heavy (non-hydrogen) atoms. The van der Waals surface area contributed by atoms with Crippen LogP contribution in [0.25, 0.3) is 0 Å². The number of rotatable bonds is 4. The van der Waals surface area contributed by atoms with Crippen molar-refractivity contribution in [2.24, 2.45) is 5.92 Å². The number of hydrogen-bond donors (Lipinski definition) is 0. The highest BCUT2D eigenvalue weighted by atomic mass is 16.2. The van der Waals surface area contributed by atoms with Gasteiger partial charge in [0.05, 0.1) is 6.33 Å². The SMILES string of the molecule is Cc1ncn(CC2CCN(C(=O)c3ccc(N(C)C)nn3)CC2)c(=O)c1C. The maximum absolute atomic E-state index is 12.6. The first-order valence-electron chi connectivity index (χ1n) is 9.19. The Morgan fingerprint density at radius 3 is 2.48 bits per heavy atom. The Kier molecular flexibility index (Phi) is 5.53. The molecule has 0 N–H and O–H groups in total. The normalized spacial score (nSPS) is 15.0. The van der Waals surface area contributed by atoms with Gasteiger partial charge in [-0.15, -0.1) is 10.2 Å². The van der Waals surface area contributed by atoms with Crippen molar-refractivity contribution < 1.29 is 4.79 Å². The molecular weight excluding hydrogens is 344 g/mol. The summed E-state index contributed by atoms with van der Waals surface area (Å²) < 4.78 is 1.69. The Balaban J connectivity index is 1.59. The molecule has 0 bridgehead atoms. The van der Waals surface area contributed by atoms with Gasteiger partial charge >= 0.3 is 0 Å². The number of likely N-dealkylation sites (tertiary alicyclic amines) is 1. The van der Waals surface area contributed by atoms with Crippen molar-refractivity contribution in [3.8, 4) is 0 Å². The summed E-state index contributed by atoms with van der Waals surface area (Å²) >= 11 is 0. The van der Waals surface area contributed by atoms with Crippen LogP contribution in [-0.4, -0.2) is 57.7 Å². The summed E-state index contributed by atoms with van der Waals surface area (Å²) in [4.78, 5) is 32.9. The van der Waals surface area contributed by atoms with Gasteiger partial charge in [-0.05, 0) is 44.7 Å². The van der Waals surface area contributed by atoms with Gasteiger partial charge in [-0.2, -0.15) is 0 Å². The highest BCUT2D eigenvalue weighted by Gasteiger charge is 2.25. The van der Waals surface area contributed by atoms with Gasteiger partial charge < -0.3 is 9.80 Å². The minimum atomic E-state index is -0.0868. The summed E-state index contributed by atoms with van der Waals surface area (Å²) in [5.74, 6) is 0.992. The quantitative estimate of drug-likeness (QED) is 0.806. The molecular formula is C19H26N6O2. The molecule has 3 heterocycles. The third-order valence-corrected chi connectivity index (χ3v) is 5.20. The van der Waals surface area contributed by atoms with E-state index in [2.05, 4.69) is 15.2 Å². The number of hydrogen-bond acceptors (Lipinski definition) is 6. The van der Waals surface area contributed by atoms with Crippen molar-refractivity contribution in [2.75, 3.05) is 32.1 Å². The maximum Gasteiger partial charge on any atom is 0.274 e. The number of nitrogens with zero attached hydrogens (tertiary/aromatic N) is 6. The summed E-state index contributed by atoms with van der Waals surface area (Å²) in [7, 11) is 3.76. The van der Waals surface area contributed by atoms with E-state index in [1.807, 2.05) is 37.7 Å². The molecule has 8 nitrogen and oxygen atoms in total. The van der Waals surface area contributed by atoms with Gasteiger partial charge in [0, 0.05) is 45.0 Å². The Bertz CT molecular complexity index is 867. The van der Waals surface area contributed by atoms with E-state index in [1.165, 1.54) is 0 Å². The largest absolute Gasteiger partial charge is 0.361 e. The van der Waals surface area contributed by atoms with Crippen LogP contribution >= 0.6 is 0 Å². The maximum atomic E-state index is 12.6. The first kappa shape index (κ1) is 19.0. The van der Waals surface area contributed by atoms with Crippen LogP contribution in [0.4, 0.5) is 5.82 Å². The zero-order valence-corrected chi connectivity index (χ0v) is 16.3. The van der Waals surface area contributed by atoms with E-state index < -0.39 is 0 Å². The van der Waals surface area contributed by atoms with E-state index in [9.17, 15) is 9.59 Å². The predicted molar refractivity (Wildman–Crippen MR) is 103 cm³/mol. The average Bonchev–Trinajstić information content (AvgIpc) is 2.68. The molecule has 1 fully saturated rings. The molecule has 1 amide bonds. The summed E-state index contributed by atoms with van der Waals surface area (Å²) in [6, 6.07) is 3.52. The van der Waals surface area contributed by atoms with Gasteiger partial charge in [0.15, 0.2) is 11.5 Å².